The number of nitrogens with zero attached hydrogens (tertiary/aromatic N) is 2. The first kappa shape index (κ1) is 17.0. The van der Waals surface area contributed by atoms with E-state index < -0.39 is 0 Å². The summed E-state index contributed by atoms with van der Waals surface area (Å²) in [6.45, 7) is 11.9. The first-order valence-electron chi connectivity index (χ1n) is 7.78. The van der Waals surface area contributed by atoms with E-state index in [2.05, 4.69) is 68.2 Å². The normalized spacial score (nSPS) is 11.1. The Morgan fingerprint density at radius 3 is 2.35 bits per heavy atom. The van der Waals surface area contributed by atoms with Crippen molar-refractivity contribution in [2.45, 2.75) is 33.7 Å². The number of nitrogens with one attached hydrogen (secondary N) is 1. The second-order valence-corrected chi connectivity index (χ2v) is 5.69. The molecule has 0 amide bonds. The van der Waals surface area contributed by atoms with Crippen molar-refractivity contribution in [1.82, 2.24) is 10.2 Å². The third kappa shape index (κ3) is 5.51. The summed E-state index contributed by atoms with van der Waals surface area (Å²) in [4.78, 5) is 4.75. The van der Waals surface area contributed by atoms with Crippen molar-refractivity contribution in [2.24, 2.45) is 0 Å². The fourth-order valence-electron chi connectivity index (χ4n) is 2.40. The van der Waals surface area contributed by atoms with Crippen LogP contribution in [0.4, 0.5) is 5.69 Å². The molecule has 1 rings (SSSR count). The highest BCUT2D eigenvalue weighted by molar-refractivity contribution is 5.54. The van der Waals surface area contributed by atoms with Crippen LogP contribution in [-0.2, 0) is 6.54 Å². The molecule has 0 aromatic heterocycles. The van der Waals surface area contributed by atoms with Gasteiger partial charge in [0.15, 0.2) is 0 Å². The molecule has 1 N–H and O–H groups in total. The largest absolute Gasteiger partial charge is 0.370 e. The van der Waals surface area contributed by atoms with Gasteiger partial charge in [0.2, 0.25) is 0 Å². The highest BCUT2D eigenvalue weighted by Gasteiger charge is 2.09. The number of benzene rings is 1. The van der Waals surface area contributed by atoms with Crippen LogP contribution in [0.15, 0.2) is 18.2 Å². The van der Waals surface area contributed by atoms with Crippen molar-refractivity contribution in [2.75, 3.05) is 45.2 Å². The van der Waals surface area contributed by atoms with Gasteiger partial charge in [0.25, 0.3) is 0 Å². The summed E-state index contributed by atoms with van der Waals surface area (Å²) < 4.78 is 0. The van der Waals surface area contributed by atoms with Gasteiger partial charge in [-0.3, -0.25) is 0 Å². The maximum atomic E-state index is 3.39. The first-order chi connectivity index (χ1) is 9.58. The Balaban J connectivity index is 2.79. The standard InChI is InChI=1S/C17H31N3/c1-6-10-20(12-11-19(4)5)17-9-8-16(13-15(17)3)14-18-7-2/h8-9,13,18H,6-7,10-12,14H2,1-5H3. The third-order valence-electron chi connectivity index (χ3n) is 3.49. The molecule has 0 spiro atoms. The van der Waals surface area contributed by atoms with Gasteiger partial charge in [0, 0.05) is 31.9 Å². The molecule has 0 saturated heterocycles. The molecule has 3 heteroatoms. The van der Waals surface area contributed by atoms with Crippen molar-refractivity contribution < 1.29 is 0 Å². The molecule has 0 bridgehead atoms. The van der Waals surface area contributed by atoms with Gasteiger partial charge >= 0.3 is 0 Å². The van der Waals surface area contributed by atoms with Crippen LogP contribution in [0.5, 0.6) is 0 Å². The smallest absolute Gasteiger partial charge is 0.0396 e. The molecule has 0 saturated carbocycles. The number of rotatable bonds is 9. The minimum Gasteiger partial charge on any atom is -0.370 e. The predicted octanol–water partition coefficient (Wildman–Crippen LogP) is 2.88. The number of anilines is 1. The highest BCUT2D eigenvalue weighted by atomic mass is 15.2. The van der Waals surface area contributed by atoms with E-state index in [1.807, 2.05) is 0 Å². The second kappa shape index (κ2) is 8.98. The van der Waals surface area contributed by atoms with Crippen LogP contribution >= 0.6 is 0 Å². The molecule has 3 nitrogen and oxygen atoms in total. The lowest BCUT2D eigenvalue weighted by atomic mass is 10.1. The Hall–Kier alpha value is -1.06. The molecule has 1 aromatic carbocycles. The third-order valence-corrected chi connectivity index (χ3v) is 3.49. The maximum Gasteiger partial charge on any atom is 0.0396 e. The Morgan fingerprint density at radius 2 is 1.80 bits per heavy atom. The number of aryl methyl sites for hydroxylation is 1. The monoisotopic (exact) mass is 277 g/mol. The van der Waals surface area contributed by atoms with Crippen molar-refractivity contribution in [3.05, 3.63) is 29.3 Å². The van der Waals surface area contributed by atoms with Crippen LogP contribution in [0.3, 0.4) is 0 Å². The predicted molar refractivity (Wildman–Crippen MR) is 89.6 cm³/mol. The average molecular weight is 277 g/mol. The molecule has 0 heterocycles. The summed E-state index contributed by atoms with van der Waals surface area (Å²) in [7, 11) is 4.27. The van der Waals surface area contributed by atoms with Crippen molar-refractivity contribution >= 4 is 5.69 Å². The van der Waals surface area contributed by atoms with Crippen LogP contribution in [0.25, 0.3) is 0 Å². The zero-order valence-corrected chi connectivity index (χ0v) is 13.9. The summed E-state index contributed by atoms with van der Waals surface area (Å²) in [6.07, 6.45) is 1.19. The van der Waals surface area contributed by atoms with Gasteiger partial charge in [-0.15, -0.1) is 0 Å². The van der Waals surface area contributed by atoms with Gasteiger partial charge in [-0.25, -0.2) is 0 Å². The molecule has 0 fully saturated rings. The zero-order valence-electron chi connectivity index (χ0n) is 13.9. The summed E-state index contributed by atoms with van der Waals surface area (Å²) in [6, 6.07) is 6.85. The Morgan fingerprint density at radius 1 is 1.05 bits per heavy atom. The minimum absolute atomic E-state index is 0.961. The molecular formula is C17H31N3. The Bertz CT molecular complexity index is 388. The van der Waals surface area contributed by atoms with E-state index in [-0.39, 0.29) is 0 Å². The van der Waals surface area contributed by atoms with Gasteiger partial charge in [-0.1, -0.05) is 26.0 Å². The average Bonchev–Trinajstić information content (AvgIpc) is 2.41. The highest BCUT2D eigenvalue weighted by Crippen LogP contribution is 2.21. The van der Waals surface area contributed by atoms with E-state index in [0.29, 0.717) is 0 Å². The molecule has 0 aliphatic heterocycles. The van der Waals surface area contributed by atoms with Crippen LogP contribution in [0, 0.1) is 6.92 Å². The summed E-state index contributed by atoms with van der Waals surface area (Å²) >= 11 is 0. The SMILES string of the molecule is CCCN(CCN(C)C)c1ccc(CNCC)cc1C. The lowest BCUT2D eigenvalue weighted by Gasteiger charge is -2.28. The lowest BCUT2D eigenvalue weighted by molar-refractivity contribution is 0.413. The number of hydrogen-bond donors (Lipinski definition) is 1. The molecule has 0 atom stereocenters. The summed E-state index contributed by atoms with van der Waals surface area (Å²) in [5, 5.41) is 3.39. The second-order valence-electron chi connectivity index (χ2n) is 5.69. The van der Waals surface area contributed by atoms with Crippen LogP contribution < -0.4 is 10.2 Å². The number of hydrogen-bond acceptors (Lipinski definition) is 3. The lowest BCUT2D eigenvalue weighted by Crippen LogP contribution is -2.32. The topological polar surface area (TPSA) is 18.5 Å². The molecule has 0 radical (unpaired) electrons. The van der Waals surface area contributed by atoms with Gasteiger partial charge in [0.1, 0.15) is 0 Å². The van der Waals surface area contributed by atoms with Gasteiger partial charge in [0.05, 0.1) is 0 Å². The molecular weight excluding hydrogens is 246 g/mol. The van der Waals surface area contributed by atoms with Gasteiger partial charge < -0.3 is 15.1 Å². The zero-order chi connectivity index (χ0) is 15.0. The fraction of sp³-hybridized carbons (Fsp3) is 0.647. The van der Waals surface area contributed by atoms with E-state index in [9.17, 15) is 0 Å². The molecule has 114 valence electrons. The van der Waals surface area contributed by atoms with Crippen molar-refractivity contribution in [3.63, 3.8) is 0 Å². The summed E-state index contributed by atoms with van der Waals surface area (Å²) in [5.74, 6) is 0. The molecule has 0 aliphatic rings. The molecule has 0 unspecified atom stereocenters. The van der Waals surface area contributed by atoms with E-state index >= 15 is 0 Å². The van der Waals surface area contributed by atoms with Crippen LogP contribution in [0.2, 0.25) is 0 Å². The van der Waals surface area contributed by atoms with E-state index in [4.69, 9.17) is 0 Å². The molecule has 1 aromatic rings. The van der Waals surface area contributed by atoms with Crippen LogP contribution in [0.1, 0.15) is 31.4 Å². The first-order valence-corrected chi connectivity index (χ1v) is 7.78. The Labute approximate surface area is 125 Å². The number of likely N-dealkylation sites (N-methyl/N-ethyl adjacent to an activating group) is 1. The van der Waals surface area contributed by atoms with E-state index in [0.717, 1.165) is 32.7 Å². The summed E-state index contributed by atoms with van der Waals surface area (Å²) in [5.41, 5.74) is 4.14. The minimum atomic E-state index is 0.961. The van der Waals surface area contributed by atoms with Gasteiger partial charge in [-0.05, 0) is 51.2 Å². The van der Waals surface area contributed by atoms with Crippen LogP contribution in [-0.4, -0.2) is 45.2 Å². The van der Waals surface area contributed by atoms with E-state index in [1.165, 1.54) is 23.2 Å². The molecule has 20 heavy (non-hydrogen) atoms. The quantitative estimate of drug-likeness (QED) is 0.749. The van der Waals surface area contributed by atoms with Crippen molar-refractivity contribution in [3.8, 4) is 0 Å². The van der Waals surface area contributed by atoms with Gasteiger partial charge in [-0.2, -0.15) is 0 Å². The van der Waals surface area contributed by atoms with E-state index in [1.54, 1.807) is 0 Å². The maximum absolute atomic E-state index is 3.39. The fourth-order valence-corrected chi connectivity index (χ4v) is 2.40. The molecule has 0 aliphatic carbocycles. The Kier molecular flexibility index (Phi) is 7.63. The van der Waals surface area contributed by atoms with Crippen molar-refractivity contribution in [1.29, 1.82) is 0 Å².